The van der Waals surface area contributed by atoms with Crippen LogP contribution in [0.5, 0.6) is 0 Å². The largest absolute Gasteiger partial charge is 0.336 e. The molecule has 150 valence electrons. The highest BCUT2D eigenvalue weighted by molar-refractivity contribution is 7.13. The van der Waals surface area contributed by atoms with Gasteiger partial charge in [-0.1, -0.05) is 6.07 Å². The van der Waals surface area contributed by atoms with Crippen LogP contribution in [-0.2, 0) is 0 Å². The Kier molecular flexibility index (Phi) is 4.67. The van der Waals surface area contributed by atoms with Crippen LogP contribution in [0.4, 0.5) is 0 Å². The van der Waals surface area contributed by atoms with Crippen LogP contribution in [0.25, 0.3) is 16.5 Å². The minimum absolute atomic E-state index is 0.0804. The number of hydrogen-bond acceptors (Lipinski definition) is 6. The molecule has 0 unspecified atom stereocenters. The van der Waals surface area contributed by atoms with Crippen LogP contribution >= 0.6 is 11.3 Å². The van der Waals surface area contributed by atoms with Gasteiger partial charge in [0.15, 0.2) is 0 Å². The Labute approximate surface area is 174 Å². The molecule has 3 aromatic rings. The molecule has 1 saturated carbocycles. The molecule has 5 rings (SSSR count). The number of amides is 1. The maximum Gasteiger partial charge on any atom is 0.257 e. The van der Waals surface area contributed by atoms with Crippen molar-refractivity contribution in [1.82, 2.24) is 29.5 Å². The highest BCUT2D eigenvalue weighted by Gasteiger charge is 2.35. The van der Waals surface area contributed by atoms with E-state index < -0.39 is 0 Å². The average molecular weight is 409 g/mol. The van der Waals surface area contributed by atoms with E-state index in [0.717, 1.165) is 60.8 Å². The number of nitrogens with zero attached hydrogens (tertiary/aromatic N) is 6. The van der Waals surface area contributed by atoms with Gasteiger partial charge in [-0.25, -0.2) is 14.6 Å². The lowest BCUT2D eigenvalue weighted by Gasteiger charge is -2.32. The van der Waals surface area contributed by atoms with Crippen LogP contribution < -0.4 is 0 Å². The smallest absolute Gasteiger partial charge is 0.257 e. The fourth-order valence-electron chi connectivity index (χ4n) is 3.81. The summed E-state index contributed by atoms with van der Waals surface area (Å²) in [5, 5.41) is 6.62. The van der Waals surface area contributed by atoms with Gasteiger partial charge in [-0.15, -0.1) is 11.3 Å². The molecule has 3 aromatic heterocycles. The third kappa shape index (κ3) is 3.47. The van der Waals surface area contributed by atoms with Crippen LogP contribution in [0.2, 0.25) is 0 Å². The molecule has 0 radical (unpaired) electrons. The lowest BCUT2D eigenvalue weighted by molar-refractivity contribution is 0.0663. The monoisotopic (exact) mass is 408 g/mol. The number of rotatable bonds is 4. The average Bonchev–Trinajstić information content (AvgIpc) is 3.25. The van der Waals surface area contributed by atoms with E-state index in [2.05, 4.69) is 28.1 Å². The Bertz CT molecular complexity index is 1030. The molecule has 2 fully saturated rings. The first-order valence-electron chi connectivity index (χ1n) is 10.1. The first-order chi connectivity index (χ1) is 14.1. The van der Waals surface area contributed by atoms with Crippen molar-refractivity contribution in [2.75, 3.05) is 33.2 Å². The third-order valence-electron chi connectivity index (χ3n) is 5.69. The summed E-state index contributed by atoms with van der Waals surface area (Å²) in [7, 11) is 2.09. The molecule has 2 aliphatic rings. The van der Waals surface area contributed by atoms with Gasteiger partial charge in [0.25, 0.3) is 11.9 Å². The third-order valence-corrected chi connectivity index (χ3v) is 6.57. The molecule has 1 aliphatic carbocycles. The first kappa shape index (κ1) is 18.4. The molecule has 0 N–H and O–H groups in total. The van der Waals surface area contributed by atoms with Crippen molar-refractivity contribution in [2.45, 2.75) is 25.7 Å². The zero-order chi connectivity index (χ0) is 20.0. The minimum atomic E-state index is 0.0804. The number of piperazine rings is 1. The highest BCUT2D eigenvalue weighted by atomic mass is 32.1. The second-order valence-corrected chi connectivity index (χ2v) is 8.85. The second kappa shape index (κ2) is 7.35. The molecule has 0 aromatic carbocycles. The minimum Gasteiger partial charge on any atom is -0.336 e. The summed E-state index contributed by atoms with van der Waals surface area (Å²) in [6.45, 7) is 5.35. The molecule has 1 saturated heterocycles. The standard InChI is InChI=1S/C21H24N6OS/c1-14-12-22-21(24-18(14)17-4-3-11-29-17)27-19(15-5-6-15)16(13-23-27)20(28)26-9-7-25(2)8-10-26/h3-4,11-13,15H,5-10H2,1-2H3. The normalized spacial score (nSPS) is 17.7. The van der Waals surface area contributed by atoms with Crippen molar-refractivity contribution in [1.29, 1.82) is 0 Å². The molecular formula is C21H24N6OS. The van der Waals surface area contributed by atoms with Crippen LogP contribution in [0.15, 0.2) is 29.9 Å². The number of likely N-dealkylation sites (N-methyl/N-ethyl adjacent to an activating group) is 1. The van der Waals surface area contributed by atoms with Crippen molar-refractivity contribution < 1.29 is 4.79 Å². The van der Waals surface area contributed by atoms with Gasteiger partial charge >= 0.3 is 0 Å². The zero-order valence-electron chi connectivity index (χ0n) is 16.7. The van der Waals surface area contributed by atoms with E-state index in [4.69, 9.17) is 4.98 Å². The second-order valence-electron chi connectivity index (χ2n) is 7.90. The van der Waals surface area contributed by atoms with E-state index >= 15 is 0 Å². The van der Waals surface area contributed by atoms with Gasteiger partial charge in [-0.2, -0.15) is 5.10 Å². The highest BCUT2D eigenvalue weighted by Crippen LogP contribution is 2.42. The summed E-state index contributed by atoms with van der Waals surface area (Å²) in [6.07, 6.45) is 5.72. The quantitative estimate of drug-likeness (QED) is 0.664. The van der Waals surface area contributed by atoms with Gasteiger partial charge < -0.3 is 9.80 Å². The Morgan fingerprint density at radius 3 is 2.66 bits per heavy atom. The molecule has 29 heavy (non-hydrogen) atoms. The predicted octanol–water partition coefficient (Wildman–Crippen LogP) is 2.96. The molecule has 0 bridgehead atoms. The summed E-state index contributed by atoms with van der Waals surface area (Å²) in [6, 6.07) is 4.09. The van der Waals surface area contributed by atoms with Crippen molar-refractivity contribution in [3.63, 3.8) is 0 Å². The van der Waals surface area contributed by atoms with Gasteiger partial charge in [0, 0.05) is 38.3 Å². The fourth-order valence-corrected chi connectivity index (χ4v) is 4.59. The lowest BCUT2D eigenvalue weighted by Crippen LogP contribution is -2.47. The summed E-state index contributed by atoms with van der Waals surface area (Å²) < 4.78 is 1.79. The van der Waals surface area contributed by atoms with Crippen LogP contribution in [-0.4, -0.2) is 68.7 Å². The lowest BCUT2D eigenvalue weighted by atomic mass is 10.1. The Balaban J connectivity index is 1.52. The molecule has 1 aliphatic heterocycles. The van der Waals surface area contributed by atoms with E-state index in [-0.39, 0.29) is 5.91 Å². The van der Waals surface area contributed by atoms with Crippen LogP contribution in [0.3, 0.4) is 0 Å². The van der Waals surface area contributed by atoms with Crippen molar-refractivity contribution >= 4 is 17.2 Å². The van der Waals surface area contributed by atoms with E-state index in [9.17, 15) is 4.79 Å². The van der Waals surface area contributed by atoms with E-state index in [1.54, 1.807) is 22.2 Å². The number of carbonyl (C=O) groups is 1. The molecule has 1 amide bonds. The topological polar surface area (TPSA) is 67.2 Å². The number of thiophene rings is 1. The number of hydrogen-bond donors (Lipinski definition) is 0. The summed E-state index contributed by atoms with van der Waals surface area (Å²) >= 11 is 1.66. The Morgan fingerprint density at radius 1 is 1.17 bits per heavy atom. The maximum atomic E-state index is 13.2. The van der Waals surface area contributed by atoms with E-state index in [1.165, 1.54) is 0 Å². The van der Waals surface area contributed by atoms with E-state index in [1.807, 2.05) is 29.5 Å². The predicted molar refractivity (Wildman–Crippen MR) is 113 cm³/mol. The first-order valence-corrected chi connectivity index (χ1v) is 10.9. The van der Waals surface area contributed by atoms with Gasteiger partial charge in [-0.3, -0.25) is 4.79 Å². The molecule has 7 nitrogen and oxygen atoms in total. The molecular weight excluding hydrogens is 384 g/mol. The van der Waals surface area contributed by atoms with Gasteiger partial charge in [-0.05, 0) is 43.8 Å². The number of aryl methyl sites for hydroxylation is 1. The van der Waals surface area contributed by atoms with E-state index in [0.29, 0.717) is 17.4 Å². The van der Waals surface area contributed by atoms with Crippen molar-refractivity contribution in [2.24, 2.45) is 0 Å². The summed E-state index contributed by atoms with van der Waals surface area (Å²) in [4.78, 5) is 27.9. The summed E-state index contributed by atoms with van der Waals surface area (Å²) in [5.41, 5.74) is 3.63. The molecule has 0 spiro atoms. The number of aromatic nitrogens is 4. The Morgan fingerprint density at radius 2 is 1.97 bits per heavy atom. The number of carbonyl (C=O) groups excluding carboxylic acids is 1. The fraction of sp³-hybridized carbons (Fsp3) is 0.429. The van der Waals surface area contributed by atoms with Crippen molar-refractivity contribution in [3.8, 4) is 16.5 Å². The Hall–Kier alpha value is -2.58. The van der Waals surface area contributed by atoms with Gasteiger partial charge in [0.1, 0.15) is 0 Å². The van der Waals surface area contributed by atoms with Gasteiger partial charge in [0.2, 0.25) is 0 Å². The maximum absolute atomic E-state index is 13.2. The SMILES string of the molecule is Cc1cnc(-n2ncc(C(=O)N3CCN(C)CC3)c2C2CC2)nc1-c1cccs1. The summed E-state index contributed by atoms with van der Waals surface area (Å²) in [5.74, 6) is 0.981. The molecule has 8 heteroatoms. The molecule has 4 heterocycles. The molecule has 0 atom stereocenters. The zero-order valence-corrected chi connectivity index (χ0v) is 17.5. The van der Waals surface area contributed by atoms with Crippen LogP contribution in [0.1, 0.15) is 40.4 Å². The van der Waals surface area contributed by atoms with Gasteiger partial charge in [0.05, 0.1) is 28.0 Å². The van der Waals surface area contributed by atoms with Crippen LogP contribution in [0, 0.1) is 6.92 Å². The van der Waals surface area contributed by atoms with Crippen molar-refractivity contribution in [3.05, 3.63) is 46.7 Å².